The van der Waals surface area contributed by atoms with Crippen LogP contribution in [0, 0.1) is 0 Å². The highest BCUT2D eigenvalue weighted by Gasteiger charge is 2.13. The first kappa shape index (κ1) is 17.9. The first-order chi connectivity index (χ1) is 9.10. The third-order valence-corrected chi connectivity index (χ3v) is 3.02. The molecule has 0 aliphatic rings. The molecule has 0 saturated heterocycles. The van der Waals surface area contributed by atoms with Gasteiger partial charge in [0, 0.05) is 20.1 Å². The van der Waals surface area contributed by atoms with Crippen molar-refractivity contribution in [2.24, 2.45) is 0 Å². The molecule has 1 unspecified atom stereocenters. The lowest BCUT2D eigenvalue weighted by Gasteiger charge is -2.13. The van der Waals surface area contributed by atoms with Crippen molar-refractivity contribution in [2.75, 3.05) is 13.7 Å². The second kappa shape index (κ2) is 12.0. The molecule has 112 valence electrons. The Hall–Kier alpha value is -1.10. The minimum atomic E-state index is -0.919. The van der Waals surface area contributed by atoms with Crippen molar-refractivity contribution in [1.29, 1.82) is 0 Å². The van der Waals surface area contributed by atoms with E-state index in [4.69, 9.17) is 9.84 Å². The molecule has 0 aromatic carbocycles. The number of nitrogens with one attached hydrogen (secondary N) is 1. The van der Waals surface area contributed by atoms with Crippen LogP contribution in [0.5, 0.6) is 0 Å². The van der Waals surface area contributed by atoms with Crippen LogP contribution in [-0.4, -0.2) is 36.7 Å². The second-order valence-corrected chi connectivity index (χ2v) is 4.78. The molecule has 0 rings (SSSR count). The van der Waals surface area contributed by atoms with Crippen molar-refractivity contribution in [1.82, 2.24) is 5.32 Å². The summed E-state index contributed by atoms with van der Waals surface area (Å²) >= 11 is 0. The smallest absolute Gasteiger partial charge is 0.306 e. The van der Waals surface area contributed by atoms with E-state index in [0.717, 1.165) is 12.8 Å². The van der Waals surface area contributed by atoms with Gasteiger partial charge in [-0.15, -0.1) is 0 Å². The molecule has 1 amide bonds. The summed E-state index contributed by atoms with van der Waals surface area (Å²) in [6.07, 6.45) is 6.85. The fourth-order valence-corrected chi connectivity index (χ4v) is 1.82. The molecule has 0 aliphatic carbocycles. The zero-order valence-corrected chi connectivity index (χ0v) is 12.1. The Bertz CT molecular complexity index is 256. The zero-order valence-electron chi connectivity index (χ0n) is 12.1. The van der Waals surface area contributed by atoms with E-state index in [-0.39, 0.29) is 18.9 Å². The highest BCUT2D eigenvalue weighted by Crippen LogP contribution is 2.06. The number of rotatable bonds is 12. The van der Waals surface area contributed by atoms with Crippen molar-refractivity contribution >= 4 is 11.9 Å². The van der Waals surface area contributed by atoms with Crippen LogP contribution in [0.2, 0.25) is 0 Å². The standard InChI is InChI=1S/C14H27NO4/c1-3-4-5-6-7-8-9-13(16)15-11-12(19-2)10-14(17)18/h12H,3-11H2,1-2H3,(H,15,16)(H,17,18). The summed E-state index contributed by atoms with van der Waals surface area (Å²) in [4.78, 5) is 22.0. The van der Waals surface area contributed by atoms with E-state index in [1.54, 1.807) is 0 Å². The van der Waals surface area contributed by atoms with Crippen molar-refractivity contribution in [3.05, 3.63) is 0 Å². The van der Waals surface area contributed by atoms with Gasteiger partial charge in [-0.2, -0.15) is 0 Å². The summed E-state index contributed by atoms with van der Waals surface area (Å²) in [5.41, 5.74) is 0. The summed E-state index contributed by atoms with van der Waals surface area (Å²) < 4.78 is 4.99. The van der Waals surface area contributed by atoms with Crippen molar-refractivity contribution in [3.63, 3.8) is 0 Å². The molecule has 0 aliphatic heterocycles. The maximum atomic E-state index is 11.5. The Kier molecular flexibility index (Phi) is 11.3. The minimum Gasteiger partial charge on any atom is -0.481 e. The number of amides is 1. The van der Waals surface area contributed by atoms with Crippen molar-refractivity contribution < 1.29 is 19.4 Å². The number of hydrogen-bond acceptors (Lipinski definition) is 3. The molecular formula is C14H27NO4. The molecule has 0 aromatic heterocycles. The van der Waals surface area contributed by atoms with E-state index in [1.807, 2.05) is 0 Å². The van der Waals surface area contributed by atoms with E-state index in [2.05, 4.69) is 12.2 Å². The number of unbranched alkanes of at least 4 members (excludes halogenated alkanes) is 5. The van der Waals surface area contributed by atoms with Crippen LogP contribution in [0.25, 0.3) is 0 Å². The predicted molar refractivity (Wildman–Crippen MR) is 74.1 cm³/mol. The molecule has 0 fully saturated rings. The van der Waals surface area contributed by atoms with Gasteiger partial charge in [-0.1, -0.05) is 39.0 Å². The number of methoxy groups -OCH3 is 1. The fraction of sp³-hybridized carbons (Fsp3) is 0.857. The number of carboxylic acid groups (broad SMARTS) is 1. The maximum Gasteiger partial charge on any atom is 0.306 e. The molecule has 0 spiro atoms. The van der Waals surface area contributed by atoms with Gasteiger partial charge in [0.2, 0.25) is 5.91 Å². The maximum absolute atomic E-state index is 11.5. The van der Waals surface area contributed by atoms with Crippen LogP contribution in [0.3, 0.4) is 0 Å². The molecule has 0 aromatic rings. The fourth-order valence-electron chi connectivity index (χ4n) is 1.82. The normalized spacial score (nSPS) is 12.1. The SMILES string of the molecule is CCCCCCCCC(=O)NCC(CC(=O)O)OC. The highest BCUT2D eigenvalue weighted by molar-refractivity contribution is 5.76. The van der Waals surface area contributed by atoms with Crippen LogP contribution < -0.4 is 5.32 Å². The number of aliphatic carboxylic acids is 1. The summed E-state index contributed by atoms with van der Waals surface area (Å²) in [5.74, 6) is -0.944. The van der Waals surface area contributed by atoms with E-state index in [9.17, 15) is 9.59 Å². The number of hydrogen-bond donors (Lipinski definition) is 2. The molecule has 2 N–H and O–H groups in total. The molecule has 19 heavy (non-hydrogen) atoms. The summed E-state index contributed by atoms with van der Waals surface area (Å²) in [6, 6.07) is 0. The second-order valence-electron chi connectivity index (χ2n) is 4.78. The number of carboxylic acids is 1. The van der Waals surface area contributed by atoms with Crippen LogP contribution in [0.1, 0.15) is 58.3 Å². The molecule has 0 radical (unpaired) electrons. The van der Waals surface area contributed by atoms with Crippen LogP contribution in [0.15, 0.2) is 0 Å². The van der Waals surface area contributed by atoms with Gasteiger partial charge < -0.3 is 15.2 Å². The monoisotopic (exact) mass is 273 g/mol. The summed E-state index contributed by atoms with van der Waals surface area (Å²) in [6.45, 7) is 2.44. The molecule has 5 nitrogen and oxygen atoms in total. The lowest BCUT2D eigenvalue weighted by atomic mass is 10.1. The summed E-state index contributed by atoms with van der Waals surface area (Å²) in [7, 11) is 1.45. The lowest BCUT2D eigenvalue weighted by Crippen LogP contribution is -2.34. The summed E-state index contributed by atoms with van der Waals surface area (Å²) in [5, 5.41) is 11.3. The quantitative estimate of drug-likeness (QED) is 0.535. The van der Waals surface area contributed by atoms with E-state index in [0.29, 0.717) is 6.42 Å². The van der Waals surface area contributed by atoms with Gasteiger partial charge in [0.1, 0.15) is 0 Å². The average Bonchev–Trinajstić information content (AvgIpc) is 2.38. The van der Waals surface area contributed by atoms with Crippen molar-refractivity contribution in [2.45, 2.75) is 64.4 Å². The van der Waals surface area contributed by atoms with Crippen LogP contribution >= 0.6 is 0 Å². The van der Waals surface area contributed by atoms with Gasteiger partial charge in [0.15, 0.2) is 0 Å². The predicted octanol–water partition coefficient (Wildman–Crippen LogP) is 2.34. The molecular weight excluding hydrogens is 246 g/mol. The van der Waals surface area contributed by atoms with Gasteiger partial charge in [-0.05, 0) is 6.42 Å². The first-order valence-electron chi connectivity index (χ1n) is 7.11. The van der Waals surface area contributed by atoms with Gasteiger partial charge in [0.25, 0.3) is 0 Å². The molecule has 0 saturated carbocycles. The molecule has 5 heteroatoms. The van der Waals surface area contributed by atoms with Gasteiger partial charge in [-0.3, -0.25) is 9.59 Å². The molecule has 0 heterocycles. The largest absolute Gasteiger partial charge is 0.481 e. The average molecular weight is 273 g/mol. The Balaban J connectivity index is 3.54. The third-order valence-electron chi connectivity index (χ3n) is 3.02. The van der Waals surface area contributed by atoms with Gasteiger partial charge >= 0.3 is 5.97 Å². The topological polar surface area (TPSA) is 75.6 Å². The minimum absolute atomic E-state index is 0.0251. The molecule has 1 atom stereocenters. The van der Waals surface area contributed by atoms with Gasteiger partial charge in [0.05, 0.1) is 12.5 Å². The Labute approximate surface area is 115 Å². The third kappa shape index (κ3) is 11.7. The highest BCUT2D eigenvalue weighted by atomic mass is 16.5. The van der Waals surface area contributed by atoms with Crippen LogP contribution in [-0.2, 0) is 14.3 Å². The number of carbonyl (C=O) groups excluding carboxylic acids is 1. The van der Waals surface area contributed by atoms with E-state index >= 15 is 0 Å². The number of ether oxygens (including phenoxy) is 1. The molecule has 0 bridgehead atoms. The van der Waals surface area contributed by atoms with E-state index < -0.39 is 12.1 Å². The zero-order chi connectivity index (χ0) is 14.5. The Morgan fingerprint density at radius 1 is 1.16 bits per heavy atom. The van der Waals surface area contributed by atoms with E-state index in [1.165, 1.54) is 32.8 Å². The first-order valence-corrected chi connectivity index (χ1v) is 7.11. The lowest BCUT2D eigenvalue weighted by molar-refractivity contribution is -0.140. The van der Waals surface area contributed by atoms with Crippen LogP contribution in [0.4, 0.5) is 0 Å². The van der Waals surface area contributed by atoms with Crippen molar-refractivity contribution in [3.8, 4) is 0 Å². The Morgan fingerprint density at radius 3 is 2.37 bits per heavy atom. The van der Waals surface area contributed by atoms with Gasteiger partial charge in [-0.25, -0.2) is 0 Å². The Morgan fingerprint density at radius 2 is 1.79 bits per heavy atom. The number of carbonyl (C=O) groups is 2.